The molecule has 1 aromatic heterocycles. The van der Waals surface area contributed by atoms with Gasteiger partial charge in [0, 0.05) is 30.7 Å². The second kappa shape index (κ2) is 9.47. The van der Waals surface area contributed by atoms with Crippen LogP contribution in [0.15, 0.2) is 60.0 Å². The first kappa shape index (κ1) is 20.7. The SMILES string of the molecule is Cc1nc(CN(C(=O)[C@H]2CN(Cc3ccccc3)CCO2)c2ccc(F)cc2)cs1. The van der Waals surface area contributed by atoms with Crippen molar-refractivity contribution >= 4 is 22.9 Å². The number of aromatic nitrogens is 1. The number of rotatable bonds is 6. The topological polar surface area (TPSA) is 45.7 Å². The van der Waals surface area contributed by atoms with Crippen molar-refractivity contribution in [1.82, 2.24) is 9.88 Å². The summed E-state index contributed by atoms with van der Waals surface area (Å²) >= 11 is 1.54. The molecular formula is C23H24FN3O2S. The molecule has 2 aromatic carbocycles. The number of morpholine rings is 1. The first-order valence-corrected chi connectivity index (χ1v) is 10.8. The first-order valence-electron chi connectivity index (χ1n) is 9.94. The van der Waals surface area contributed by atoms with E-state index in [9.17, 15) is 9.18 Å². The van der Waals surface area contributed by atoms with E-state index in [1.165, 1.54) is 17.7 Å². The average molecular weight is 426 g/mol. The van der Waals surface area contributed by atoms with Gasteiger partial charge in [-0.15, -0.1) is 11.3 Å². The summed E-state index contributed by atoms with van der Waals surface area (Å²) in [6.45, 7) is 4.82. The van der Waals surface area contributed by atoms with Crippen LogP contribution in [0.4, 0.5) is 10.1 Å². The van der Waals surface area contributed by atoms with Crippen molar-refractivity contribution in [3.63, 3.8) is 0 Å². The Bertz CT molecular complexity index is 978. The number of anilines is 1. The smallest absolute Gasteiger partial charge is 0.257 e. The fourth-order valence-electron chi connectivity index (χ4n) is 3.57. The summed E-state index contributed by atoms with van der Waals surface area (Å²) in [5.74, 6) is -0.469. The van der Waals surface area contributed by atoms with Gasteiger partial charge in [0.15, 0.2) is 0 Å². The summed E-state index contributed by atoms with van der Waals surface area (Å²) in [7, 11) is 0. The molecule has 0 saturated carbocycles. The van der Waals surface area contributed by atoms with E-state index in [0.717, 1.165) is 23.8 Å². The molecule has 1 fully saturated rings. The molecule has 0 bridgehead atoms. The van der Waals surface area contributed by atoms with Gasteiger partial charge in [-0.05, 0) is 36.8 Å². The first-order chi connectivity index (χ1) is 14.6. The van der Waals surface area contributed by atoms with E-state index in [0.29, 0.717) is 25.4 Å². The van der Waals surface area contributed by atoms with Gasteiger partial charge in [-0.1, -0.05) is 30.3 Å². The summed E-state index contributed by atoms with van der Waals surface area (Å²) in [6.07, 6.45) is -0.577. The van der Waals surface area contributed by atoms with Crippen LogP contribution in [-0.2, 0) is 22.6 Å². The summed E-state index contributed by atoms with van der Waals surface area (Å²) in [5.41, 5.74) is 2.65. The maximum atomic E-state index is 13.4. The fourth-order valence-corrected chi connectivity index (χ4v) is 4.18. The maximum absolute atomic E-state index is 13.4. The quantitative estimate of drug-likeness (QED) is 0.598. The molecule has 1 aliphatic rings. The number of nitrogens with zero attached hydrogens (tertiary/aromatic N) is 3. The molecule has 0 N–H and O–H groups in total. The number of aryl methyl sites for hydroxylation is 1. The maximum Gasteiger partial charge on any atom is 0.257 e. The highest BCUT2D eigenvalue weighted by Gasteiger charge is 2.31. The lowest BCUT2D eigenvalue weighted by molar-refractivity contribution is -0.136. The van der Waals surface area contributed by atoms with E-state index in [1.807, 2.05) is 30.5 Å². The van der Waals surface area contributed by atoms with Crippen LogP contribution in [0.25, 0.3) is 0 Å². The number of hydrogen-bond donors (Lipinski definition) is 0. The zero-order valence-corrected chi connectivity index (χ0v) is 17.6. The van der Waals surface area contributed by atoms with E-state index in [1.54, 1.807) is 28.4 Å². The third-order valence-corrected chi connectivity index (χ3v) is 5.89. The number of benzene rings is 2. The number of carbonyl (C=O) groups is 1. The molecule has 4 rings (SSSR count). The molecule has 0 radical (unpaired) electrons. The van der Waals surface area contributed by atoms with Crippen molar-refractivity contribution in [2.24, 2.45) is 0 Å². The summed E-state index contributed by atoms with van der Waals surface area (Å²) in [6, 6.07) is 16.2. The van der Waals surface area contributed by atoms with Gasteiger partial charge in [0.1, 0.15) is 11.9 Å². The number of ether oxygens (including phenoxy) is 1. The van der Waals surface area contributed by atoms with Crippen LogP contribution in [0.1, 0.15) is 16.3 Å². The van der Waals surface area contributed by atoms with Crippen LogP contribution < -0.4 is 4.90 Å². The molecule has 30 heavy (non-hydrogen) atoms. The van der Waals surface area contributed by atoms with Crippen LogP contribution in [-0.4, -0.2) is 41.6 Å². The number of amides is 1. The molecule has 2 heterocycles. The molecule has 0 aliphatic carbocycles. The Balaban J connectivity index is 1.51. The third-order valence-electron chi connectivity index (χ3n) is 5.07. The highest BCUT2D eigenvalue weighted by molar-refractivity contribution is 7.09. The van der Waals surface area contributed by atoms with E-state index in [4.69, 9.17) is 4.74 Å². The predicted molar refractivity (Wildman–Crippen MR) is 116 cm³/mol. The Morgan fingerprint density at radius 3 is 2.70 bits per heavy atom. The molecule has 0 spiro atoms. The Labute approximate surface area is 179 Å². The molecule has 3 aromatic rings. The van der Waals surface area contributed by atoms with Gasteiger partial charge < -0.3 is 9.64 Å². The summed E-state index contributed by atoms with van der Waals surface area (Å²) in [4.78, 5) is 21.8. The average Bonchev–Trinajstić information content (AvgIpc) is 3.18. The Kier molecular flexibility index (Phi) is 6.52. The number of thiazole rings is 1. The number of halogens is 1. The van der Waals surface area contributed by atoms with E-state index in [2.05, 4.69) is 22.0 Å². The van der Waals surface area contributed by atoms with Gasteiger partial charge in [0.05, 0.1) is 23.9 Å². The molecule has 1 amide bonds. The predicted octanol–water partition coefficient (Wildman–Crippen LogP) is 4.02. The molecule has 5 nitrogen and oxygen atoms in total. The zero-order valence-electron chi connectivity index (χ0n) is 16.8. The largest absolute Gasteiger partial charge is 0.366 e. The van der Waals surface area contributed by atoms with Crippen molar-refractivity contribution in [1.29, 1.82) is 0 Å². The van der Waals surface area contributed by atoms with Gasteiger partial charge >= 0.3 is 0 Å². The fraction of sp³-hybridized carbons (Fsp3) is 0.304. The van der Waals surface area contributed by atoms with Crippen molar-refractivity contribution in [3.05, 3.63) is 82.1 Å². The van der Waals surface area contributed by atoms with Gasteiger partial charge in [0.2, 0.25) is 0 Å². The summed E-state index contributed by atoms with van der Waals surface area (Å²) < 4.78 is 19.3. The van der Waals surface area contributed by atoms with Crippen LogP contribution in [0, 0.1) is 12.7 Å². The normalized spacial score (nSPS) is 17.1. The van der Waals surface area contributed by atoms with E-state index >= 15 is 0 Å². The van der Waals surface area contributed by atoms with Crippen molar-refractivity contribution in [2.45, 2.75) is 26.1 Å². The minimum atomic E-state index is -0.577. The Hall–Kier alpha value is -2.61. The Morgan fingerprint density at radius 1 is 1.23 bits per heavy atom. The summed E-state index contributed by atoms with van der Waals surface area (Å²) in [5, 5.41) is 2.89. The van der Waals surface area contributed by atoms with Crippen molar-refractivity contribution < 1.29 is 13.9 Å². The van der Waals surface area contributed by atoms with Crippen LogP contribution in [0.3, 0.4) is 0 Å². The minimum absolute atomic E-state index is 0.134. The van der Waals surface area contributed by atoms with E-state index in [-0.39, 0.29) is 11.7 Å². The molecule has 0 unspecified atom stereocenters. The zero-order chi connectivity index (χ0) is 20.9. The third kappa shape index (κ3) is 5.11. The molecule has 1 atom stereocenters. The lowest BCUT2D eigenvalue weighted by Gasteiger charge is -2.35. The van der Waals surface area contributed by atoms with Gasteiger partial charge in [-0.25, -0.2) is 9.37 Å². The second-order valence-electron chi connectivity index (χ2n) is 7.34. The van der Waals surface area contributed by atoms with Crippen LogP contribution in [0.2, 0.25) is 0 Å². The molecular weight excluding hydrogens is 401 g/mol. The standard InChI is InChI=1S/C23H24FN3O2S/c1-17-25-20(16-30-17)14-27(21-9-7-19(24)8-10-21)23(28)22-15-26(11-12-29-22)13-18-5-3-2-4-6-18/h2-10,16,22H,11-15H2,1H3/t22-/m1/s1. The number of carbonyl (C=O) groups excluding carboxylic acids is 1. The second-order valence-corrected chi connectivity index (χ2v) is 8.40. The highest BCUT2D eigenvalue weighted by Crippen LogP contribution is 2.22. The monoisotopic (exact) mass is 425 g/mol. The number of hydrogen-bond acceptors (Lipinski definition) is 5. The van der Waals surface area contributed by atoms with Crippen LogP contribution in [0.5, 0.6) is 0 Å². The minimum Gasteiger partial charge on any atom is -0.366 e. The van der Waals surface area contributed by atoms with Gasteiger partial charge in [-0.3, -0.25) is 9.69 Å². The molecule has 1 aliphatic heterocycles. The van der Waals surface area contributed by atoms with Crippen molar-refractivity contribution in [2.75, 3.05) is 24.6 Å². The Morgan fingerprint density at radius 2 is 2.00 bits per heavy atom. The molecule has 1 saturated heterocycles. The van der Waals surface area contributed by atoms with Crippen LogP contribution >= 0.6 is 11.3 Å². The molecule has 7 heteroatoms. The van der Waals surface area contributed by atoms with Crippen molar-refractivity contribution in [3.8, 4) is 0 Å². The lowest BCUT2D eigenvalue weighted by Crippen LogP contribution is -2.50. The van der Waals surface area contributed by atoms with E-state index < -0.39 is 6.10 Å². The highest BCUT2D eigenvalue weighted by atomic mass is 32.1. The van der Waals surface area contributed by atoms with Gasteiger partial charge in [-0.2, -0.15) is 0 Å². The lowest BCUT2D eigenvalue weighted by atomic mass is 10.1. The molecule has 156 valence electrons. The van der Waals surface area contributed by atoms with Gasteiger partial charge in [0.25, 0.3) is 5.91 Å².